The van der Waals surface area contributed by atoms with Crippen LogP contribution in [0.25, 0.3) is 0 Å². The van der Waals surface area contributed by atoms with Crippen molar-refractivity contribution in [3.8, 4) is 0 Å². The van der Waals surface area contributed by atoms with Crippen LogP contribution in [-0.4, -0.2) is 35.6 Å². The van der Waals surface area contributed by atoms with Gasteiger partial charge in [0.2, 0.25) is 0 Å². The number of likely N-dealkylation sites (tertiary alicyclic amines) is 1. The molecule has 7 heteroatoms. The molecule has 6 nitrogen and oxygen atoms in total. The van der Waals surface area contributed by atoms with Crippen molar-refractivity contribution in [2.75, 3.05) is 6.54 Å². The van der Waals surface area contributed by atoms with Crippen molar-refractivity contribution in [2.45, 2.75) is 37.1 Å². The third-order valence-electron chi connectivity index (χ3n) is 4.30. The molecule has 1 unspecified atom stereocenters. The molecule has 140 valence electrons. The number of carbonyl (C=O) groups is 1. The summed E-state index contributed by atoms with van der Waals surface area (Å²) in [5.41, 5.74) is 1.66. The molecule has 0 aliphatic carbocycles. The lowest BCUT2D eigenvalue weighted by Gasteiger charge is -2.33. The molecule has 0 radical (unpaired) electrons. The van der Waals surface area contributed by atoms with E-state index in [1.165, 1.54) is 6.07 Å². The van der Waals surface area contributed by atoms with Crippen LogP contribution in [0, 0.1) is 6.92 Å². The number of benzene rings is 2. The van der Waals surface area contributed by atoms with Crippen molar-refractivity contribution in [1.82, 2.24) is 4.90 Å². The molecule has 0 bridgehead atoms. The molecule has 1 atom stereocenters. The fraction of sp³-hybridized carbons (Fsp3) is 0.316. The second-order valence-corrected chi connectivity index (χ2v) is 7.53. The van der Waals surface area contributed by atoms with Crippen LogP contribution in [0.15, 0.2) is 59.5 Å². The summed E-state index contributed by atoms with van der Waals surface area (Å²) in [6, 6.07) is 16.2. The van der Waals surface area contributed by atoms with Gasteiger partial charge in [-0.25, -0.2) is 4.79 Å². The zero-order valence-electron chi connectivity index (χ0n) is 14.6. The molecule has 1 aliphatic rings. The van der Waals surface area contributed by atoms with E-state index in [9.17, 15) is 13.2 Å². The molecule has 1 aliphatic heterocycles. The Labute approximate surface area is 153 Å². The maximum Gasteiger partial charge on any atom is 0.407 e. The number of piperidine rings is 1. The van der Waals surface area contributed by atoms with Gasteiger partial charge in [0.15, 0.2) is 0 Å². The number of rotatable bonds is 2. The predicted molar refractivity (Wildman–Crippen MR) is 98.8 cm³/mol. The minimum Gasteiger partial charge on any atom is -0.465 e. The minimum absolute atomic E-state index is 0.0278. The first-order valence-electron chi connectivity index (χ1n) is 8.38. The van der Waals surface area contributed by atoms with E-state index in [4.69, 9.17) is 9.66 Å². The molecule has 1 fully saturated rings. The number of hydrogen-bond acceptors (Lipinski definition) is 3. The molecule has 0 spiro atoms. The fourth-order valence-electron chi connectivity index (χ4n) is 3.03. The fourth-order valence-corrected chi connectivity index (χ4v) is 3.75. The third kappa shape index (κ3) is 5.31. The molecule has 0 aromatic heterocycles. The van der Waals surface area contributed by atoms with Crippen LogP contribution in [0.4, 0.5) is 4.79 Å². The largest absolute Gasteiger partial charge is 0.465 e. The summed E-state index contributed by atoms with van der Waals surface area (Å²) in [5.74, 6) is 0. The van der Waals surface area contributed by atoms with Crippen LogP contribution in [0.5, 0.6) is 0 Å². The van der Waals surface area contributed by atoms with E-state index in [1.54, 1.807) is 30.0 Å². The monoisotopic (exact) mass is 377 g/mol. The summed E-state index contributed by atoms with van der Waals surface area (Å²) in [4.78, 5) is 12.6. The normalized spacial score (nSPS) is 17.2. The van der Waals surface area contributed by atoms with Crippen LogP contribution < -0.4 is 0 Å². The summed E-state index contributed by atoms with van der Waals surface area (Å²) >= 11 is 0. The maximum atomic E-state index is 11.1. The topological polar surface area (TPSA) is 94.9 Å². The first kappa shape index (κ1) is 19.9. The minimum atomic E-state index is -4.03. The number of hydrogen-bond donors (Lipinski definition) is 2. The number of carboxylic acid groups (broad SMARTS) is 1. The molecule has 3 rings (SSSR count). The first-order chi connectivity index (χ1) is 12.3. The SMILES string of the molecule is Cc1ccccc1S(=O)(=O)O.O=C(O)N1CCCCC1c1ccccc1. The summed E-state index contributed by atoms with van der Waals surface area (Å²) in [7, 11) is -4.03. The van der Waals surface area contributed by atoms with Crippen LogP contribution in [0.2, 0.25) is 0 Å². The van der Waals surface area contributed by atoms with Gasteiger partial charge in [0.1, 0.15) is 0 Å². The Kier molecular flexibility index (Phi) is 6.76. The lowest BCUT2D eigenvalue weighted by molar-refractivity contribution is 0.106. The summed E-state index contributed by atoms with van der Waals surface area (Å²) in [5, 5.41) is 9.10. The van der Waals surface area contributed by atoms with Crippen LogP contribution in [-0.2, 0) is 10.1 Å². The zero-order valence-corrected chi connectivity index (χ0v) is 15.4. The Morgan fingerprint density at radius 3 is 2.19 bits per heavy atom. The van der Waals surface area contributed by atoms with Gasteiger partial charge in [-0.2, -0.15) is 8.42 Å². The van der Waals surface area contributed by atoms with Gasteiger partial charge in [-0.1, -0.05) is 48.5 Å². The predicted octanol–water partition coefficient (Wildman–Crippen LogP) is 4.13. The average molecular weight is 377 g/mol. The highest BCUT2D eigenvalue weighted by atomic mass is 32.2. The van der Waals surface area contributed by atoms with Crippen molar-refractivity contribution in [2.24, 2.45) is 0 Å². The third-order valence-corrected chi connectivity index (χ3v) is 5.32. The molecule has 2 aromatic rings. The molecule has 2 aromatic carbocycles. The zero-order chi connectivity index (χ0) is 19.2. The molecule has 2 N–H and O–H groups in total. The molecular formula is C19H23NO5S. The average Bonchev–Trinajstić information content (AvgIpc) is 2.62. The molecular weight excluding hydrogens is 354 g/mol. The molecule has 1 heterocycles. The highest BCUT2D eigenvalue weighted by Gasteiger charge is 2.27. The van der Waals surface area contributed by atoms with Gasteiger partial charge in [0, 0.05) is 6.54 Å². The van der Waals surface area contributed by atoms with Crippen LogP contribution >= 0.6 is 0 Å². The van der Waals surface area contributed by atoms with Gasteiger partial charge in [-0.3, -0.25) is 4.55 Å². The Morgan fingerprint density at radius 1 is 1.04 bits per heavy atom. The number of nitrogens with zero attached hydrogens (tertiary/aromatic N) is 1. The van der Waals surface area contributed by atoms with E-state index >= 15 is 0 Å². The van der Waals surface area contributed by atoms with Gasteiger partial charge in [-0.15, -0.1) is 0 Å². The van der Waals surface area contributed by atoms with Gasteiger partial charge in [-0.05, 0) is 43.4 Å². The van der Waals surface area contributed by atoms with E-state index in [0.29, 0.717) is 12.1 Å². The van der Waals surface area contributed by atoms with Gasteiger partial charge in [0.05, 0.1) is 10.9 Å². The maximum absolute atomic E-state index is 11.1. The quantitative estimate of drug-likeness (QED) is 0.767. The Bertz CT molecular complexity index is 836. The second-order valence-electron chi connectivity index (χ2n) is 6.14. The smallest absolute Gasteiger partial charge is 0.407 e. The van der Waals surface area contributed by atoms with Gasteiger partial charge in [0.25, 0.3) is 10.1 Å². The Balaban J connectivity index is 0.000000197. The lowest BCUT2D eigenvalue weighted by Crippen LogP contribution is -2.37. The van der Waals surface area contributed by atoms with Crippen LogP contribution in [0.3, 0.4) is 0 Å². The molecule has 26 heavy (non-hydrogen) atoms. The van der Waals surface area contributed by atoms with E-state index < -0.39 is 16.2 Å². The summed E-state index contributed by atoms with van der Waals surface area (Å²) < 4.78 is 29.9. The number of aryl methyl sites for hydroxylation is 1. The highest BCUT2D eigenvalue weighted by Crippen LogP contribution is 2.30. The van der Waals surface area contributed by atoms with E-state index in [1.807, 2.05) is 30.3 Å². The summed E-state index contributed by atoms with van der Waals surface area (Å²) in [6.07, 6.45) is 2.23. The standard InChI is InChI=1S/C12H15NO2.C7H8O3S/c14-12(15)13-9-5-4-8-11(13)10-6-2-1-3-7-10;1-6-4-2-3-5-7(6)11(8,9)10/h1-3,6-7,11H,4-5,8-9H2,(H,14,15);2-5H,1H3,(H,8,9,10). The Morgan fingerprint density at radius 2 is 1.65 bits per heavy atom. The number of amides is 1. The first-order valence-corrected chi connectivity index (χ1v) is 9.82. The van der Waals surface area contributed by atoms with Crippen molar-refractivity contribution in [3.05, 3.63) is 65.7 Å². The summed E-state index contributed by atoms with van der Waals surface area (Å²) in [6.45, 7) is 2.29. The van der Waals surface area contributed by atoms with E-state index in [0.717, 1.165) is 24.8 Å². The van der Waals surface area contributed by atoms with Gasteiger partial charge < -0.3 is 10.0 Å². The lowest BCUT2D eigenvalue weighted by atomic mass is 9.96. The van der Waals surface area contributed by atoms with Crippen LogP contribution in [0.1, 0.15) is 36.4 Å². The molecule has 1 amide bonds. The van der Waals surface area contributed by atoms with Crippen molar-refractivity contribution >= 4 is 16.2 Å². The highest BCUT2D eigenvalue weighted by molar-refractivity contribution is 7.85. The molecule has 0 saturated carbocycles. The van der Waals surface area contributed by atoms with Crippen molar-refractivity contribution < 1.29 is 22.9 Å². The van der Waals surface area contributed by atoms with E-state index in [-0.39, 0.29) is 10.9 Å². The van der Waals surface area contributed by atoms with E-state index in [2.05, 4.69) is 0 Å². The Hall–Kier alpha value is -2.38. The second kappa shape index (κ2) is 8.82. The van der Waals surface area contributed by atoms with Crippen molar-refractivity contribution in [3.63, 3.8) is 0 Å². The van der Waals surface area contributed by atoms with Crippen molar-refractivity contribution in [1.29, 1.82) is 0 Å². The van der Waals surface area contributed by atoms with Gasteiger partial charge >= 0.3 is 6.09 Å². The molecule has 1 saturated heterocycles.